The zero-order valence-electron chi connectivity index (χ0n) is 7.53. The van der Waals surface area contributed by atoms with E-state index in [0.29, 0.717) is 12.2 Å². The summed E-state index contributed by atoms with van der Waals surface area (Å²) in [6.45, 7) is 2.03. The van der Waals surface area contributed by atoms with Crippen molar-refractivity contribution in [2.45, 2.75) is 51.1 Å². The Labute approximate surface area is 73.2 Å². The first-order chi connectivity index (χ1) is 5.84. The molecule has 1 saturated heterocycles. The van der Waals surface area contributed by atoms with Crippen molar-refractivity contribution in [3.8, 4) is 0 Å². The molecule has 0 N–H and O–H groups in total. The molecule has 1 aliphatic heterocycles. The van der Waals surface area contributed by atoms with E-state index in [4.69, 9.17) is 9.47 Å². The van der Waals surface area contributed by atoms with Crippen molar-refractivity contribution in [2.75, 3.05) is 0 Å². The standard InChI is InChI=1S/C10H16O2/c1-6-11-9-7-2-3-8(5-4-7)10(9)12-6/h6-10H,2-5H2,1H3. The topological polar surface area (TPSA) is 18.5 Å². The molecule has 2 bridgehead atoms. The molecule has 68 valence electrons. The van der Waals surface area contributed by atoms with Crippen molar-refractivity contribution < 1.29 is 9.47 Å². The Morgan fingerprint density at radius 3 is 1.67 bits per heavy atom. The molecule has 3 aliphatic carbocycles. The molecule has 0 aromatic heterocycles. The highest BCUT2D eigenvalue weighted by atomic mass is 16.7. The van der Waals surface area contributed by atoms with Gasteiger partial charge < -0.3 is 9.47 Å². The minimum atomic E-state index is 0.0567. The van der Waals surface area contributed by atoms with Gasteiger partial charge >= 0.3 is 0 Å². The SMILES string of the molecule is CC1OC2C3CCC(CC3)C2O1. The van der Waals surface area contributed by atoms with E-state index in [1.807, 2.05) is 6.92 Å². The summed E-state index contributed by atoms with van der Waals surface area (Å²) in [4.78, 5) is 0. The number of fused-ring (bicyclic) bond motifs is 2. The molecule has 0 amide bonds. The van der Waals surface area contributed by atoms with Crippen molar-refractivity contribution in [3.63, 3.8) is 0 Å². The summed E-state index contributed by atoms with van der Waals surface area (Å²) < 4.78 is 11.6. The largest absolute Gasteiger partial charge is 0.347 e. The van der Waals surface area contributed by atoms with E-state index >= 15 is 0 Å². The highest BCUT2D eigenvalue weighted by molar-refractivity contribution is 4.97. The number of ether oxygens (including phenoxy) is 2. The van der Waals surface area contributed by atoms with Gasteiger partial charge in [0.25, 0.3) is 0 Å². The van der Waals surface area contributed by atoms with E-state index in [0.717, 1.165) is 11.8 Å². The molecule has 0 aromatic rings. The van der Waals surface area contributed by atoms with Crippen LogP contribution >= 0.6 is 0 Å². The van der Waals surface area contributed by atoms with Crippen molar-refractivity contribution in [1.82, 2.24) is 0 Å². The summed E-state index contributed by atoms with van der Waals surface area (Å²) in [7, 11) is 0. The van der Waals surface area contributed by atoms with Crippen molar-refractivity contribution in [2.24, 2.45) is 11.8 Å². The molecule has 2 heteroatoms. The Hall–Kier alpha value is -0.0800. The lowest BCUT2D eigenvalue weighted by Crippen LogP contribution is -2.45. The van der Waals surface area contributed by atoms with Gasteiger partial charge in [-0.3, -0.25) is 0 Å². The first-order valence-electron chi connectivity index (χ1n) is 5.15. The number of rotatable bonds is 0. The fraction of sp³-hybridized carbons (Fsp3) is 1.00. The third-order valence-corrected chi connectivity index (χ3v) is 3.77. The predicted octanol–water partition coefficient (Wildman–Crippen LogP) is 1.94. The zero-order chi connectivity index (χ0) is 8.13. The fourth-order valence-corrected chi connectivity index (χ4v) is 3.19. The molecular weight excluding hydrogens is 152 g/mol. The Morgan fingerprint density at radius 1 is 0.833 bits per heavy atom. The van der Waals surface area contributed by atoms with Crippen LogP contribution in [0.15, 0.2) is 0 Å². The maximum Gasteiger partial charge on any atom is 0.155 e. The Balaban J connectivity index is 1.86. The molecule has 12 heavy (non-hydrogen) atoms. The fourth-order valence-electron chi connectivity index (χ4n) is 3.19. The second kappa shape index (κ2) is 2.46. The molecule has 4 rings (SSSR count). The van der Waals surface area contributed by atoms with Crippen molar-refractivity contribution in [3.05, 3.63) is 0 Å². The summed E-state index contributed by atoms with van der Waals surface area (Å²) in [6.07, 6.45) is 6.47. The lowest BCUT2D eigenvalue weighted by atomic mass is 9.67. The second-order valence-electron chi connectivity index (χ2n) is 4.44. The molecule has 3 saturated carbocycles. The second-order valence-corrected chi connectivity index (χ2v) is 4.44. The van der Waals surface area contributed by atoms with Gasteiger partial charge in [-0.1, -0.05) is 0 Å². The van der Waals surface area contributed by atoms with Gasteiger partial charge in [-0.2, -0.15) is 0 Å². The first-order valence-corrected chi connectivity index (χ1v) is 5.15. The third kappa shape index (κ3) is 0.882. The predicted molar refractivity (Wildman–Crippen MR) is 44.7 cm³/mol. The maximum absolute atomic E-state index is 5.78. The number of hydrogen-bond acceptors (Lipinski definition) is 2. The van der Waals surface area contributed by atoms with E-state index in [-0.39, 0.29) is 6.29 Å². The summed E-state index contributed by atoms with van der Waals surface area (Å²) in [5.74, 6) is 1.62. The molecule has 2 nitrogen and oxygen atoms in total. The van der Waals surface area contributed by atoms with Crippen LogP contribution in [0.4, 0.5) is 0 Å². The van der Waals surface area contributed by atoms with Gasteiger partial charge in [0.05, 0.1) is 12.2 Å². The van der Waals surface area contributed by atoms with Crippen LogP contribution in [-0.4, -0.2) is 18.5 Å². The van der Waals surface area contributed by atoms with Crippen LogP contribution in [-0.2, 0) is 9.47 Å². The van der Waals surface area contributed by atoms with Crippen LogP contribution in [0.1, 0.15) is 32.6 Å². The van der Waals surface area contributed by atoms with Crippen molar-refractivity contribution in [1.29, 1.82) is 0 Å². The normalized spacial score (nSPS) is 57.2. The van der Waals surface area contributed by atoms with E-state index in [9.17, 15) is 0 Å². The van der Waals surface area contributed by atoms with Crippen LogP contribution in [0.3, 0.4) is 0 Å². The number of hydrogen-bond donors (Lipinski definition) is 0. The third-order valence-electron chi connectivity index (χ3n) is 3.77. The van der Waals surface area contributed by atoms with Gasteiger partial charge in [0, 0.05) is 0 Å². The van der Waals surface area contributed by atoms with Crippen molar-refractivity contribution >= 4 is 0 Å². The van der Waals surface area contributed by atoms with E-state index < -0.39 is 0 Å². The smallest absolute Gasteiger partial charge is 0.155 e. The summed E-state index contributed by atoms with van der Waals surface area (Å²) >= 11 is 0. The lowest BCUT2D eigenvalue weighted by Gasteiger charge is -2.43. The van der Waals surface area contributed by atoms with Gasteiger partial charge in [-0.15, -0.1) is 0 Å². The minimum absolute atomic E-state index is 0.0567. The summed E-state index contributed by atoms with van der Waals surface area (Å²) in [6, 6.07) is 0. The van der Waals surface area contributed by atoms with Crippen LogP contribution < -0.4 is 0 Å². The van der Waals surface area contributed by atoms with Gasteiger partial charge in [0.2, 0.25) is 0 Å². The highest BCUT2D eigenvalue weighted by Gasteiger charge is 2.49. The molecule has 1 heterocycles. The zero-order valence-corrected chi connectivity index (χ0v) is 7.53. The monoisotopic (exact) mass is 168 g/mol. The van der Waals surface area contributed by atoms with Crippen LogP contribution in [0.5, 0.6) is 0 Å². The molecule has 0 aromatic carbocycles. The molecular formula is C10H16O2. The van der Waals surface area contributed by atoms with E-state index in [1.165, 1.54) is 25.7 Å². The van der Waals surface area contributed by atoms with Gasteiger partial charge in [0.1, 0.15) is 0 Å². The Morgan fingerprint density at radius 2 is 1.25 bits per heavy atom. The lowest BCUT2D eigenvalue weighted by molar-refractivity contribution is -0.0547. The quantitative estimate of drug-likeness (QED) is 0.550. The van der Waals surface area contributed by atoms with Crippen LogP contribution in [0.2, 0.25) is 0 Å². The van der Waals surface area contributed by atoms with E-state index in [1.54, 1.807) is 0 Å². The average molecular weight is 168 g/mol. The molecule has 4 fully saturated rings. The maximum atomic E-state index is 5.78. The molecule has 4 aliphatic rings. The Bertz CT molecular complexity index is 164. The van der Waals surface area contributed by atoms with Gasteiger partial charge in [-0.05, 0) is 44.4 Å². The molecule has 0 radical (unpaired) electrons. The van der Waals surface area contributed by atoms with Crippen LogP contribution in [0.25, 0.3) is 0 Å². The van der Waals surface area contributed by atoms with Gasteiger partial charge in [-0.25, -0.2) is 0 Å². The molecule has 2 atom stereocenters. The summed E-state index contributed by atoms with van der Waals surface area (Å²) in [5.41, 5.74) is 0. The first kappa shape index (κ1) is 7.34. The van der Waals surface area contributed by atoms with Crippen LogP contribution in [0, 0.1) is 11.8 Å². The average Bonchev–Trinajstić information content (AvgIpc) is 2.49. The Kier molecular flexibility index (Phi) is 1.50. The van der Waals surface area contributed by atoms with Gasteiger partial charge in [0.15, 0.2) is 6.29 Å². The van der Waals surface area contributed by atoms with E-state index in [2.05, 4.69) is 0 Å². The minimum Gasteiger partial charge on any atom is -0.347 e. The summed E-state index contributed by atoms with van der Waals surface area (Å²) in [5, 5.41) is 0. The molecule has 2 unspecified atom stereocenters. The highest BCUT2D eigenvalue weighted by Crippen LogP contribution is 2.47. The molecule has 0 spiro atoms.